The normalized spacial score (nSPS) is 10.6. The zero-order valence-corrected chi connectivity index (χ0v) is 9.44. The average molecular weight is 216 g/mol. The van der Waals surface area contributed by atoms with Crippen molar-refractivity contribution in [1.29, 1.82) is 0 Å². The van der Waals surface area contributed by atoms with Crippen molar-refractivity contribution < 1.29 is 4.74 Å². The van der Waals surface area contributed by atoms with Crippen LogP contribution >= 0.6 is 0 Å². The summed E-state index contributed by atoms with van der Waals surface area (Å²) < 4.78 is 4.99. The number of hydrogen-bond acceptors (Lipinski definition) is 3. The van der Waals surface area contributed by atoms with Crippen molar-refractivity contribution in [2.75, 3.05) is 25.6 Å². The number of pyridine rings is 1. The van der Waals surface area contributed by atoms with Crippen molar-refractivity contribution in [2.24, 2.45) is 0 Å². The number of fused-ring (bicyclic) bond motifs is 1. The van der Waals surface area contributed by atoms with Gasteiger partial charge in [-0.3, -0.25) is 0 Å². The minimum atomic E-state index is 0.778. The number of methoxy groups -OCH3 is 1. The number of hydrogen-bond donors (Lipinski definition) is 1. The van der Waals surface area contributed by atoms with E-state index in [0.29, 0.717) is 0 Å². The van der Waals surface area contributed by atoms with E-state index in [4.69, 9.17) is 4.74 Å². The highest BCUT2D eigenvalue weighted by molar-refractivity contribution is 5.79. The molecular weight excluding hydrogens is 200 g/mol. The van der Waals surface area contributed by atoms with E-state index in [1.807, 2.05) is 24.3 Å². The Morgan fingerprint density at radius 1 is 1.19 bits per heavy atom. The molecule has 0 aliphatic rings. The summed E-state index contributed by atoms with van der Waals surface area (Å²) in [4.78, 5) is 4.52. The number of nitrogens with one attached hydrogen (secondary N) is 1. The van der Waals surface area contributed by atoms with Gasteiger partial charge in [0.1, 0.15) is 5.82 Å². The molecule has 1 aromatic carbocycles. The lowest BCUT2D eigenvalue weighted by atomic mass is 10.2. The van der Waals surface area contributed by atoms with Crippen LogP contribution in [-0.2, 0) is 4.74 Å². The predicted octanol–water partition coefficient (Wildman–Crippen LogP) is 2.68. The summed E-state index contributed by atoms with van der Waals surface area (Å²) in [5, 5.41) is 4.45. The molecule has 3 nitrogen and oxygen atoms in total. The van der Waals surface area contributed by atoms with E-state index in [9.17, 15) is 0 Å². The van der Waals surface area contributed by atoms with E-state index in [1.165, 1.54) is 5.39 Å². The van der Waals surface area contributed by atoms with Crippen molar-refractivity contribution >= 4 is 16.7 Å². The van der Waals surface area contributed by atoms with Crippen LogP contribution < -0.4 is 5.32 Å². The van der Waals surface area contributed by atoms with Crippen LogP contribution in [0.25, 0.3) is 10.9 Å². The largest absolute Gasteiger partial charge is 0.385 e. The summed E-state index contributed by atoms with van der Waals surface area (Å²) in [6.45, 7) is 1.67. The first-order valence-electron chi connectivity index (χ1n) is 5.49. The van der Waals surface area contributed by atoms with Gasteiger partial charge in [0.05, 0.1) is 5.52 Å². The molecule has 1 N–H and O–H groups in total. The lowest BCUT2D eigenvalue weighted by Crippen LogP contribution is -2.05. The van der Waals surface area contributed by atoms with Crippen molar-refractivity contribution in [1.82, 2.24) is 4.98 Å². The van der Waals surface area contributed by atoms with E-state index < -0.39 is 0 Å². The third-order valence-corrected chi connectivity index (χ3v) is 2.43. The third-order valence-electron chi connectivity index (χ3n) is 2.43. The maximum atomic E-state index is 4.99. The van der Waals surface area contributed by atoms with Crippen LogP contribution in [0.4, 0.5) is 5.82 Å². The van der Waals surface area contributed by atoms with Crippen LogP contribution in [0.15, 0.2) is 36.4 Å². The highest BCUT2D eigenvalue weighted by Crippen LogP contribution is 2.14. The van der Waals surface area contributed by atoms with E-state index in [-0.39, 0.29) is 0 Å². The number of para-hydroxylation sites is 1. The average Bonchev–Trinajstić information content (AvgIpc) is 2.34. The minimum absolute atomic E-state index is 0.778. The Kier molecular flexibility index (Phi) is 3.72. The molecule has 0 fully saturated rings. The molecule has 1 aromatic heterocycles. The van der Waals surface area contributed by atoms with Gasteiger partial charge in [0.25, 0.3) is 0 Å². The molecule has 0 unspecified atom stereocenters. The summed E-state index contributed by atoms with van der Waals surface area (Å²) in [5.41, 5.74) is 1.03. The lowest BCUT2D eigenvalue weighted by molar-refractivity contribution is 0.198. The van der Waals surface area contributed by atoms with Gasteiger partial charge in [-0.2, -0.15) is 0 Å². The maximum absolute atomic E-state index is 4.99. The van der Waals surface area contributed by atoms with Crippen molar-refractivity contribution in [2.45, 2.75) is 6.42 Å². The Morgan fingerprint density at radius 3 is 2.94 bits per heavy atom. The Balaban J connectivity index is 2.02. The molecule has 3 heteroatoms. The topological polar surface area (TPSA) is 34.1 Å². The van der Waals surface area contributed by atoms with Gasteiger partial charge in [-0.25, -0.2) is 4.98 Å². The fourth-order valence-corrected chi connectivity index (χ4v) is 1.60. The van der Waals surface area contributed by atoms with E-state index in [1.54, 1.807) is 7.11 Å². The Bertz CT molecular complexity index is 456. The van der Waals surface area contributed by atoms with Gasteiger partial charge in [0.15, 0.2) is 0 Å². The van der Waals surface area contributed by atoms with Crippen LogP contribution in [0.2, 0.25) is 0 Å². The van der Waals surface area contributed by atoms with Crippen molar-refractivity contribution in [3.8, 4) is 0 Å². The SMILES string of the molecule is COCCCNc1ccc2ccccc2n1. The van der Waals surface area contributed by atoms with Crippen LogP contribution in [-0.4, -0.2) is 25.2 Å². The van der Waals surface area contributed by atoms with Crippen LogP contribution in [0.3, 0.4) is 0 Å². The molecular formula is C13H16N2O. The third kappa shape index (κ3) is 2.70. The summed E-state index contributed by atoms with van der Waals surface area (Å²) in [7, 11) is 1.72. The maximum Gasteiger partial charge on any atom is 0.126 e. The molecule has 0 aliphatic carbocycles. The number of rotatable bonds is 5. The summed E-state index contributed by atoms with van der Waals surface area (Å²) in [6.07, 6.45) is 0.991. The number of nitrogens with zero attached hydrogens (tertiary/aromatic N) is 1. The Hall–Kier alpha value is -1.61. The van der Waals surface area contributed by atoms with Crippen molar-refractivity contribution in [3.05, 3.63) is 36.4 Å². The Morgan fingerprint density at radius 2 is 2.06 bits per heavy atom. The second-order valence-electron chi connectivity index (χ2n) is 3.66. The van der Waals surface area contributed by atoms with Gasteiger partial charge in [-0.1, -0.05) is 18.2 Å². The molecule has 0 amide bonds. The predicted molar refractivity (Wildman–Crippen MR) is 66.7 cm³/mol. The van der Waals surface area contributed by atoms with E-state index >= 15 is 0 Å². The molecule has 0 saturated carbocycles. The highest BCUT2D eigenvalue weighted by Gasteiger charge is 1.96. The molecule has 0 atom stereocenters. The van der Waals surface area contributed by atoms with Crippen molar-refractivity contribution in [3.63, 3.8) is 0 Å². The molecule has 16 heavy (non-hydrogen) atoms. The first-order chi connectivity index (χ1) is 7.90. The van der Waals surface area contributed by atoms with Crippen LogP contribution in [0.1, 0.15) is 6.42 Å². The monoisotopic (exact) mass is 216 g/mol. The smallest absolute Gasteiger partial charge is 0.126 e. The second kappa shape index (κ2) is 5.47. The number of benzene rings is 1. The van der Waals surface area contributed by atoms with E-state index in [0.717, 1.165) is 30.9 Å². The highest BCUT2D eigenvalue weighted by atomic mass is 16.5. The summed E-state index contributed by atoms with van der Waals surface area (Å²) in [5.74, 6) is 0.926. The van der Waals surface area contributed by atoms with Gasteiger partial charge in [0.2, 0.25) is 0 Å². The summed E-state index contributed by atoms with van der Waals surface area (Å²) in [6, 6.07) is 12.2. The number of aromatic nitrogens is 1. The van der Waals surface area contributed by atoms with Crippen LogP contribution in [0.5, 0.6) is 0 Å². The fraction of sp³-hybridized carbons (Fsp3) is 0.308. The summed E-state index contributed by atoms with van der Waals surface area (Å²) >= 11 is 0. The molecule has 0 aliphatic heterocycles. The van der Waals surface area contributed by atoms with Gasteiger partial charge in [-0.05, 0) is 24.6 Å². The van der Waals surface area contributed by atoms with Gasteiger partial charge < -0.3 is 10.1 Å². The first-order valence-corrected chi connectivity index (χ1v) is 5.49. The molecule has 0 bridgehead atoms. The van der Waals surface area contributed by atoms with E-state index in [2.05, 4.69) is 22.4 Å². The molecule has 0 radical (unpaired) electrons. The van der Waals surface area contributed by atoms with Gasteiger partial charge in [-0.15, -0.1) is 0 Å². The zero-order valence-electron chi connectivity index (χ0n) is 9.44. The van der Waals surface area contributed by atoms with Gasteiger partial charge in [0, 0.05) is 25.6 Å². The minimum Gasteiger partial charge on any atom is -0.385 e. The Labute approximate surface area is 95.5 Å². The fourth-order valence-electron chi connectivity index (χ4n) is 1.60. The molecule has 2 aromatic rings. The number of ether oxygens (including phenoxy) is 1. The second-order valence-corrected chi connectivity index (χ2v) is 3.66. The van der Waals surface area contributed by atoms with Gasteiger partial charge >= 0.3 is 0 Å². The lowest BCUT2D eigenvalue weighted by Gasteiger charge is -2.06. The standard InChI is InChI=1S/C13H16N2O/c1-16-10-4-9-14-13-8-7-11-5-2-3-6-12(11)15-13/h2-3,5-8H,4,9-10H2,1H3,(H,14,15). The molecule has 0 saturated heterocycles. The van der Waals surface area contributed by atoms with Crippen LogP contribution in [0, 0.1) is 0 Å². The number of anilines is 1. The molecule has 0 spiro atoms. The molecule has 84 valence electrons. The quantitative estimate of drug-likeness (QED) is 0.780. The first kappa shape index (κ1) is 10.9. The molecule has 2 rings (SSSR count). The molecule has 1 heterocycles. The zero-order chi connectivity index (χ0) is 11.2.